The van der Waals surface area contributed by atoms with E-state index in [1.807, 2.05) is 13.1 Å². The zero-order valence-corrected chi connectivity index (χ0v) is 11.9. The first-order chi connectivity index (χ1) is 8.34. The molecule has 2 rings (SSSR count). The lowest BCUT2D eigenvalue weighted by molar-refractivity contribution is 0.0801. The van der Waals surface area contributed by atoms with Gasteiger partial charge in [-0.05, 0) is 33.0 Å². The van der Waals surface area contributed by atoms with Crippen LogP contribution in [-0.4, -0.2) is 49.8 Å². The summed E-state index contributed by atoms with van der Waals surface area (Å²) in [7, 11) is -1.32. The van der Waals surface area contributed by atoms with Crippen molar-refractivity contribution < 1.29 is 8.42 Å². The maximum absolute atomic E-state index is 12.5. The average Bonchev–Trinajstić information content (AvgIpc) is 2.33. The summed E-state index contributed by atoms with van der Waals surface area (Å²) >= 11 is 0. The molecule has 0 aromatic heterocycles. The topological polar surface area (TPSA) is 40.6 Å². The Kier molecular flexibility index (Phi) is 3.49. The maximum Gasteiger partial charge on any atom is 0.243 e. The molecule has 0 unspecified atom stereocenters. The van der Waals surface area contributed by atoms with Crippen molar-refractivity contribution in [2.75, 3.05) is 26.7 Å². The number of hydrogen-bond donors (Lipinski definition) is 0. The van der Waals surface area contributed by atoms with Crippen molar-refractivity contribution >= 4 is 10.0 Å². The van der Waals surface area contributed by atoms with Crippen LogP contribution in [0.4, 0.5) is 0 Å². The summed E-state index contributed by atoms with van der Waals surface area (Å²) in [6, 6.07) is 8.65. The Morgan fingerprint density at radius 1 is 1.11 bits per heavy atom. The second kappa shape index (κ2) is 4.64. The van der Waals surface area contributed by atoms with Gasteiger partial charge in [0.15, 0.2) is 0 Å². The zero-order chi connectivity index (χ0) is 13.4. The van der Waals surface area contributed by atoms with Gasteiger partial charge in [-0.2, -0.15) is 4.31 Å². The third-order valence-electron chi connectivity index (χ3n) is 3.66. The lowest BCUT2D eigenvalue weighted by Gasteiger charge is -2.44. The Balaban J connectivity index is 2.28. The summed E-state index contributed by atoms with van der Waals surface area (Å²) in [6.45, 7) is 5.98. The van der Waals surface area contributed by atoms with Gasteiger partial charge in [0.1, 0.15) is 0 Å². The molecule has 0 saturated carbocycles. The van der Waals surface area contributed by atoms with E-state index in [0.717, 1.165) is 6.54 Å². The number of piperazine rings is 1. The summed E-state index contributed by atoms with van der Waals surface area (Å²) in [6.07, 6.45) is 0. The lowest BCUT2D eigenvalue weighted by atomic mass is 10.0. The number of likely N-dealkylation sites (N-methyl/N-ethyl adjacent to an activating group) is 1. The highest BCUT2D eigenvalue weighted by molar-refractivity contribution is 7.89. The molecule has 1 aromatic rings. The number of rotatable bonds is 2. The quantitative estimate of drug-likeness (QED) is 0.814. The van der Waals surface area contributed by atoms with Gasteiger partial charge in [0, 0.05) is 25.2 Å². The van der Waals surface area contributed by atoms with Gasteiger partial charge in [0.25, 0.3) is 0 Å². The number of benzene rings is 1. The van der Waals surface area contributed by atoms with Gasteiger partial charge in [-0.3, -0.25) is 4.90 Å². The van der Waals surface area contributed by atoms with E-state index in [2.05, 4.69) is 18.7 Å². The predicted molar refractivity (Wildman–Crippen MR) is 71.9 cm³/mol. The SMILES string of the molecule is CN1CCN(S(=O)(=O)c2ccccc2)CC1(C)C. The smallest absolute Gasteiger partial charge is 0.243 e. The van der Waals surface area contributed by atoms with Crippen LogP contribution in [0.5, 0.6) is 0 Å². The van der Waals surface area contributed by atoms with Gasteiger partial charge >= 0.3 is 0 Å². The largest absolute Gasteiger partial charge is 0.299 e. The third kappa shape index (κ3) is 2.43. The predicted octanol–water partition coefficient (Wildman–Crippen LogP) is 1.40. The fraction of sp³-hybridized carbons (Fsp3) is 0.538. The van der Waals surface area contributed by atoms with E-state index in [-0.39, 0.29) is 5.54 Å². The second-order valence-corrected chi connectivity index (χ2v) is 7.32. The number of nitrogens with zero attached hydrogens (tertiary/aromatic N) is 2. The van der Waals surface area contributed by atoms with Crippen LogP contribution < -0.4 is 0 Å². The van der Waals surface area contributed by atoms with E-state index in [1.165, 1.54) is 0 Å². The van der Waals surface area contributed by atoms with E-state index in [9.17, 15) is 8.42 Å². The fourth-order valence-corrected chi connectivity index (χ4v) is 3.75. The molecule has 1 heterocycles. The summed E-state index contributed by atoms with van der Waals surface area (Å²) in [5, 5.41) is 0. The molecular weight excluding hydrogens is 248 g/mol. The molecule has 0 amide bonds. The van der Waals surface area contributed by atoms with Crippen molar-refractivity contribution in [3.8, 4) is 0 Å². The molecule has 0 spiro atoms. The standard InChI is InChI=1S/C13H20N2O2S/c1-13(2)11-15(10-9-14(13)3)18(16,17)12-7-5-4-6-8-12/h4-8H,9-11H2,1-3H3. The molecule has 0 bridgehead atoms. The molecule has 1 saturated heterocycles. The Morgan fingerprint density at radius 2 is 1.72 bits per heavy atom. The van der Waals surface area contributed by atoms with Crippen molar-refractivity contribution in [2.24, 2.45) is 0 Å². The first-order valence-corrected chi connectivity index (χ1v) is 7.54. The van der Waals surface area contributed by atoms with Gasteiger partial charge in [-0.15, -0.1) is 0 Å². The van der Waals surface area contributed by atoms with Crippen LogP contribution in [0.25, 0.3) is 0 Å². The van der Waals surface area contributed by atoms with Crippen LogP contribution >= 0.6 is 0 Å². The molecular formula is C13H20N2O2S. The highest BCUT2D eigenvalue weighted by atomic mass is 32.2. The highest BCUT2D eigenvalue weighted by Crippen LogP contribution is 2.24. The van der Waals surface area contributed by atoms with Crippen molar-refractivity contribution in [1.29, 1.82) is 0 Å². The normalized spacial score (nSPS) is 21.9. The van der Waals surface area contributed by atoms with Crippen LogP contribution in [-0.2, 0) is 10.0 Å². The fourth-order valence-electron chi connectivity index (χ4n) is 2.14. The van der Waals surface area contributed by atoms with Crippen LogP contribution in [0, 0.1) is 0 Å². The summed E-state index contributed by atoms with van der Waals surface area (Å²) in [5.74, 6) is 0. The van der Waals surface area contributed by atoms with Crippen LogP contribution in [0.2, 0.25) is 0 Å². The van der Waals surface area contributed by atoms with Crippen LogP contribution in [0.1, 0.15) is 13.8 Å². The molecule has 100 valence electrons. The van der Waals surface area contributed by atoms with Crippen molar-refractivity contribution in [3.05, 3.63) is 30.3 Å². The lowest BCUT2D eigenvalue weighted by Crippen LogP contribution is -2.58. The summed E-state index contributed by atoms with van der Waals surface area (Å²) in [5.41, 5.74) is -0.125. The monoisotopic (exact) mass is 268 g/mol. The minimum absolute atomic E-state index is 0.125. The van der Waals surface area contributed by atoms with Crippen LogP contribution in [0.3, 0.4) is 0 Å². The zero-order valence-electron chi connectivity index (χ0n) is 11.1. The minimum atomic E-state index is -3.35. The van der Waals surface area contributed by atoms with Crippen molar-refractivity contribution in [3.63, 3.8) is 0 Å². The van der Waals surface area contributed by atoms with Crippen LogP contribution in [0.15, 0.2) is 35.2 Å². The van der Waals surface area contributed by atoms with Gasteiger partial charge in [0.2, 0.25) is 10.0 Å². The Labute approximate surface area is 109 Å². The Morgan fingerprint density at radius 3 is 2.28 bits per heavy atom. The first kappa shape index (κ1) is 13.5. The molecule has 1 fully saturated rings. The van der Waals surface area contributed by atoms with Gasteiger partial charge < -0.3 is 0 Å². The summed E-state index contributed by atoms with van der Waals surface area (Å²) < 4.78 is 26.6. The summed E-state index contributed by atoms with van der Waals surface area (Å²) in [4.78, 5) is 2.58. The third-order valence-corrected chi connectivity index (χ3v) is 5.52. The highest BCUT2D eigenvalue weighted by Gasteiger charge is 2.36. The van der Waals surface area contributed by atoms with Crippen molar-refractivity contribution in [2.45, 2.75) is 24.3 Å². The molecule has 0 aliphatic carbocycles. The van der Waals surface area contributed by atoms with E-state index < -0.39 is 10.0 Å². The first-order valence-electron chi connectivity index (χ1n) is 6.10. The Bertz CT molecular complexity index is 511. The Hall–Kier alpha value is -0.910. The van der Waals surface area contributed by atoms with Gasteiger partial charge in [0.05, 0.1) is 4.90 Å². The van der Waals surface area contributed by atoms with E-state index in [0.29, 0.717) is 18.0 Å². The number of hydrogen-bond acceptors (Lipinski definition) is 3. The maximum atomic E-state index is 12.5. The molecule has 0 atom stereocenters. The molecule has 1 aliphatic rings. The molecule has 5 heteroatoms. The minimum Gasteiger partial charge on any atom is -0.299 e. The molecule has 1 aromatic carbocycles. The van der Waals surface area contributed by atoms with Gasteiger partial charge in [-0.1, -0.05) is 18.2 Å². The van der Waals surface area contributed by atoms with E-state index in [1.54, 1.807) is 28.6 Å². The average molecular weight is 268 g/mol. The molecule has 1 aliphatic heterocycles. The number of sulfonamides is 1. The van der Waals surface area contributed by atoms with Gasteiger partial charge in [-0.25, -0.2) is 8.42 Å². The molecule has 18 heavy (non-hydrogen) atoms. The molecule has 0 N–H and O–H groups in total. The van der Waals surface area contributed by atoms with E-state index in [4.69, 9.17) is 0 Å². The second-order valence-electron chi connectivity index (χ2n) is 5.39. The molecule has 4 nitrogen and oxygen atoms in total. The van der Waals surface area contributed by atoms with Crippen molar-refractivity contribution in [1.82, 2.24) is 9.21 Å². The van der Waals surface area contributed by atoms with E-state index >= 15 is 0 Å². The molecule has 0 radical (unpaired) electrons.